The van der Waals surface area contributed by atoms with E-state index < -0.39 is 32.5 Å². The van der Waals surface area contributed by atoms with Gasteiger partial charge in [-0.25, -0.2) is 8.82 Å². The second-order valence-electron chi connectivity index (χ2n) is 9.45. The number of nitrogens with one attached hydrogen (secondary N) is 2. The summed E-state index contributed by atoms with van der Waals surface area (Å²) < 4.78 is 104. The topological polar surface area (TPSA) is 66.4 Å². The maximum atomic E-state index is 14.9. The van der Waals surface area contributed by atoms with E-state index in [4.69, 9.17) is 0 Å². The molecule has 35 heavy (non-hydrogen) atoms. The van der Waals surface area contributed by atoms with E-state index in [0.717, 1.165) is 0 Å². The van der Waals surface area contributed by atoms with Gasteiger partial charge in [-0.3, -0.25) is 9.79 Å². The molecule has 0 saturated carbocycles. The van der Waals surface area contributed by atoms with Crippen molar-refractivity contribution >= 4 is 22.3 Å². The van der Waals surface area contributed by atoms with E-state index >= 15 is 0 Å². The molecule has 6 aliphatic heterocycles. The molecule has 4 bridgehead atoms. The number of hydrogen-bond acceptors (Lipinski definition) is 1. The van der Waals surface area contributed by atoms with Crippen molar-refractivity contribution in [3.8, 4) is 0 Å². The maximum absolute atomic E-state index is 14.9. The lowest BCUT2D eigenvalue weighted by Crippen LogP contribution is -3.35. The molecular weight excluding hydrogens is 520 g/mol. The monoisotopic (exact) mass is 556 g/mol. The molecule has 6 fully saturated rings. The van der Waals surface area contributed by atoms with Crippen LogP contribution < -0.4 is 9.80 Å². The molecule has 0 aliphatic carbocycles. The Hall–Kier alpha value is -0.510. The summed E-state index contributed by atoms with van der Waals surface area (Å²) in [5.74, 6) is 0. The largest absolute Gasteiger partial charge is 0.673 e. The van der Waals surface area contributed by atoms with E-state index in [0.29, 0.717) is 12.8 Å². The summed E-state index contributed by atoms with van der Waals surface area (Å²) >= 11 is 0. The fourth-order valence-electron chi connectivity index (χ4n) is 5.42. The zero-order valence-corrected chi connectivity index (χ0v) is 20.8. The van der Waals surface area contributed by atoms with Gasteiger partial charge >= 0.3 is 22.3 Å². The van der Waals surface area contributed by atoms with E-state index in [2.05, 4.69) is 0 Å². The van der Waals surface area contributed by atoms with Gasteiger partial charge in [0, 0.05) is 12.8 Å². The first-order valence-corrected chi connectivity index (χ1v) is 13.2. The first kappa shape index (κ1) is 32.5. The fraction of sp³-hybridized carbons (Fsp3) is 1.00. The second-order valence-corrected chi connectivity index (χ2v) is 11.3. The Labute approximate surface area is 199 Å². The molecule has 0 atom stereocenters. The normalized spacial score (nSPS) is 33.4. The summed E-state index contributed by atoms with van der Waals surface area (Å²) in [6.45, 7) is 13.7. The summed E-state index contributed by atoms with van der Waals surface area (Å²) in [4.78, 5) is 22.9. The highest BCUT2D eigenvalue weighted by atomic mass is 31.2. The van der Waals surface area contributed by atoms with E-state index in [1.807, 2.05) is 23.6 Å². The number of piperazine rings is 6. The SMILES string of the molecule is C1C[NH+]2CC[NH+]1CC2.CCC1(CC)C[N+]2(P(=O)(O)O)CC[N+]1(F)CC2.F[B-](F)(F)F.F[B-](F)(F)F. The Kier molecular flexibility index (Phi) is 11.1. The van der Waals surface area contributed by atoms with Gasteiger partial charge in [0.15, 0.2) is 18.6 Å². The van der Waals surface area contributed by atoms with Gasteiger partial charge in [0.1, 0.15) is 58.9 Å². The van der Waals surface area contributed by atoms with Crippen LogP contribution in [0, 0.1) is 0 Å². The van der Waals surface area contributed by atoms with Gasteiger partial charge in [0.25, 0.3) is 0 Å². The standard InChI is InChI=1S/C10H20FN2O3P.C6H12N2.2BF4/c1-3-10(4-2)9-12(17(14,15)16)5-7-13(10,11)8-6-12;1-2-8-5-3-7(1)4-6-8;2*2-1(3,4)5/h3-9H2,1-2H3;1-6H2;;/q;;2*-1/p+4. The molecule has 0 radical (unpaired) electrons. The molecule has 6 aliphatic rings. The van der Waals surface area contributed by atoms with Gasteiger partial charge in [0.05, 0.1) is 0 Å². The zero-order chi connectivity index (χ0) is 27.3. The Morgan fingerprint density at radius 1 is 0.743 bits per heavy atom. The maximum Gasteiger partial charge on any atom is 0.673 e. The molecule has 4 N–H and O–H groups in total. The summed E-state index contributed by atoms with van der Waals surface area (Å²) in [7, 11) is -16.2. The van der Waals surface area contributed by atoms with Crippen molar-refractivity contribution in [1.29, 1.82) is 0 Å². The highest BCUT2D eigenvalue weighted by Crippen LogP contribution is 2.57. The van der Waals surface area contributed by atoms with Crippen LogP contribution in [-0.2, 0) is 4.57 Å². The minimum absolute atomic E-state index is 0.210. The van der Waals surface area contributed by atoms with Gasteiger partial charge in [-0.2, -0.15) is 0 Å². The van der Waals surface area contributed by atoms with Crippen molar-refractivity contribution in [3.63, 3.8) is 0 Å². The molecule has 7 nitrogen and oxygen atoms in total. The van der Waals surface area contributed by atoms with Gasteiger partial charge in [0.2, 0.25) is 0 Å². The number of halogens is 9. The summed E-state index contributed by atoms with van der Waals surface area (Å²) in [6.07, 6.45) is 1.25. The second kappa shape index (κ2) is 11.9. The predicted octanol–water partition coefficient (Wildman–Crippen LogP) is 0.567. The van der Waals surface area contributed by atoms with Crippen molar-refractivity contribution < 1.29 is 72.1 Å². The first-order valence-electron chi connectivity index (χ1n) is 11.6. The van der Waals surface area contributed by atoms with Crippen LogP contribution in [0.15, 0.2) is 0 Å². The average Bonchev–Trinajstić information content (AvgIpc) is 2.73. The third kappa shape index (κ3) is 9.71. The van der Waals surface area contributed by atoms with Crippen molar-refractivity contribution in [3.05, 3.63) is 0 Å². The lowest BCUT2D eigenvalue weighted by atomic mass is 9.85. The number of nitrogens with zero attached hydrogens (tertiary/aromatic N) is 2. The van der Waals surface area contributed by atoms with Gasteiger partial charge in [-0.1, -0.05) is 13.8 Å². The van der Waals surface area contributed by atoms with Gasteiger partial charge in [-0.05, 0) is 4.48 Å². The Balaban J connectivity index is 0.000000280. The van der Waals surface area contributed by atoms with Crippen LogP contribution in [0.5, 0.6) is 0 Å². The van der Waals surface area contributed by atoms with E-state index in [1.165, 1.54) is 39.3 Å². The molecule has 210 valence electrons. The summed E-state index contributed by atoms with van der Waals surface area (Å²) in [6, 6.07) is 0. The molecule has 19 heteroatoms. The molecule has 6 heterocycles. The van der Waals surface area contributed by atoms with Crippen molar-refractivity contribution in [2.24, 2.45) is 0 Å². The number of hydrogen-bond donors (Lipinski definition) is 4. The number of rotatable bonds is 3. The van der Waals surface area contributed by atoms with E-state index in [1.54, 1.807) is 0 Å². The highest BCUT2D eigenvalue weighted by Gasteiger charge is 2.70. The minimum Gasteiger partial charge on any atom is -0.418 e. The fourth-order valence-corrected chi connectivity index (χ4v) is 6.57. The third-order valence-electron chi connectivity index (χ3n) is 7.55. The van der Waals surface area contributed by atoms with Crippen LogP contribution in [0.2, 0.25) is 0 Å². The zero-order valence-electron chi connectivity index (χ0n) is 19.9. The van der Waals surface area contributed by atoms with Crippen LogP contribution in [0.25, 0.3) is 0 Å². The quantitative estimate of drug-likeness (QED) is 0.178. The van der Waals surface area contributed by atoms with Crippen LogP contribution in [-0.4, -0.2) is 111 Å². The van der Waals surface area contributed by atoms with Crippen LogP contribution in [0.4, 0.5) is 39.0 Å². The molecule has 0 aromatic rings. The van der Waals surface area contributed by atoms with Crippen molar-refractivity contribution in [2.45, 2.75) is 32.2 Å². The van der Waals surface area contributed by atoms with Crippen LogP contribution in [0.1, 0.15) is 26.7 Å². The van der Waals surface area contributed by atoms with E-state index in [-0.39, 0.29) is 37.0 Å². The lowest BCUT2D eigenvalue weighted by molar-refractivity contribution is -1.16. The lowest BCUT2D eigenvalue weighted by Gasteiger charge is -2.58. The van der Waals surface area contributed by atoms with Crippen molar-refractivity contribution in [1.82, 2.24) is 0 Å². The van der Waals surface area contributed by atoms with Gasteiger partial charge in [-0.15, -0.1) is 4.71 Å². The Bertz CT molecular complexity index is 662. The minimum atomic E-state index is -6.00. The average molecular weight is 556 g/mol. The molecule has 0 spiro atoms. The molecule has 0 aromatic heterocycles. The number of quaternary nitrogens is 4. The molecule has 0 aromatic carbocycles. The Morgan fingerprint density at radius 2 is 1.03 bits per heavy atom. The molecule has 6 saturated heterocycles. The smallest absolute Gasteiger partial charge is 0.418 e. The molecular formula is C16H36B2F9N4O3P+2. The highest BCUT2D eigenvalue weighted by molar-refractivity contribution is 7.45. The summed E-state index contributed by atoms with van der Waals surface area (Å²) in [5.41, 5.74) is -0.613. The number of fused-ring (bicyclic) bond motifs is 6. The summed E-state index contributed by atoms with van der Waals surface area (Å²) in [5, 5.41) is 0. The predicted molar refractivity (Wildman–Crippen MR) is 113 cm³/mol. The van der Waals surface area contributed by atoms with Gasteiger partial charge < -0.3 is 44.3 Å². The third-order valence-corrected chi connectivity index (χ3v) is 9.19. The van der Waals surface area contributed by atoms with Crippen LogP contribution >= 0.6 is 7.75 Å². The molecule has 0 unspecified atom stereocenters. The van der Waals surface area contributed by atoms with E-state index in [9.17, 15) is 53.4 Å². The van der Waals surface area contributed by atoms with Crippen molar-refractivity contribution in [2.75, 3.05) is 72.0 Å². The Morgan fingerprint density at radius 3 is 1.23 bits per heavy atom. The van der Waals surface area contributed by atoms with Crippen LogP contribution in [0.3, 0.4) is 0 Å². The molecule has 0 amide bonds. The first-order chi connectivity index (χ1) is 15.7. The molecule has 6 rings (SSSR count).